The fraction of sp³-hybridized carbons (Fsp3) is 0.286. The van der Waals surface area contributed by atoms with Gasteiger partial charge in [0.1, 0.15) is 22.0 Å². The van der Waals surface area contributed by atoms with Gasteiger partial charge >= 0.3 is 0 Å². The minimum atomic E-state index is -0.287. The first-order valence-electron chi connectivity index (χ1n) is 6.16. The third-order valence-electron chi connectivity index (χ3n) is 3.40. The molecule has 0 aliphatic carbocycles. The van der Waals surface area contributed by atoms with E-state index in [0.717, 1.165) is 21.3 Å². The van der Waals surface area contributed by atoms with Crippen molar-refractivity contribution >= 4 is 38.9 Å². The van der Waals surface area contributed by atoms with Gasteiger partial charge in [0.2, 0.25) is 0 Å². The van der Waals surface area contributed by atoms with Crippen LogP contribution in [0.4, 0.5) is 4.39 Å². The molecule has 0 saturated carbocycles. The highest BCUT2D eigenvalue weighted by atomic mass is 79.9. The lowest BCUT2D eigenvalue weighted by Gasteiger charge is -2.31. The van der Waals surface area contributed by atoms with E-state index in [0.29, 0.717) is 10.1 Å². The van der Waals surface area contributed by atoms with E-state index in [1.54, 1.807) is 6.07 Å². The molecule has 20 heavy (non-hydrogen) atoms. The number of thiophene rings is 1. The first-order chi connectivity index (χ1) is 9.58. The van der Waals surface area contributed by atoms with Crippen LogP contribution in [0.3, 0.4) is 0 Å². The number of hydrogen-bond acceptors (Lipinski definition) is 3. The van der Waals surface area contributed by atoms with E-state index in [1.165, 1.54) is 23.5 Å². The third kappa shape index (κ3) is 2.60. The Morgan fingerprint density at radius 2 is 2.25 bits per heavy atom. The van der Waals surface area contributed by atoms with Crippen molar-refractivity contribution in [2.45, 2.75) is 18.6 Å². The molecule has 1 aromatic heterocycles. The molecule has 1 aliphatic rings. The van der Waals surface area contributed by atoms with Gasteiger partial charge in [-0.1, -0.05) is 17.7 Å². The van der Waals surface area contributed by atoms with E-state index in [-0.39, 0.29) is 18.0 Å². The number of halogens is 3. The summed E-state index contributed by atoms with van der Waals surface area (Å²) in [6.07, 6.45) is 0.675. The van der Waals surface area contributed by atoms with Crippen molar-refractivity contribution in [3.8, 4) is 5.75 Å². The van der Waals surface area contributed by atoms with Crippen LogP contribution < -0.4 is 10.1 Å². The average Bonchev–Trinajstić information content (AvgIpc) is 2.77. The largest absolute Gasteiger partial charge is 0.484 e. The van der Waals surface area contributed by atoms with E-state index >= 15 is 0 Å². The van der Waals surface area contributed by atoms with Gasteiger partial charge in [0, 0.05) is 33.4 Å². The molecular formula is C14H12BrClFNOS. The molecule has 0 bridgehead atoms. The first kappa shape index (κ1) is 14.3. The van der Waals surface area contributed by atoms with Gasteiger partial charge in [-0.05, 0) is 35.1 Å². The van der Waals surface area contributed by atoms with E-state index in [9.17, 15) is 4.39 Å². The van der Waals surface area contributed by atoms with Crippen molar-refractivity contribution in [3.63, 3.8) is 0 Å². The van der Waals surface area contributed by atoms with Gasteiger partial charge in [-0.15, -0.1) is 11.3 Å². The molecule has 0 spiro atoms. The number of benzene rings is 1. The molecular weight excluding hydrogens is 365 g/mol. The summed E-state index contributed by atoms with van der Waals surface area (Å²) < 4.78 is 20.9. The van der Waals surface area contributed by atoms with Crippen LogP contribution >= 0.6 is 38.9 Å². The molecule has 2 heterocycles. The quantitative estimate of drug-likeness (QED) is 0.788. The van der Waals surface area contributed by atoms with Crippen molar-refractivity contribution in [1.82, 2.24) is 5.32 Å². The highest BCUT2D eigenvalue weighted by Crippen LogP contribution is 2.44. The molecule has 0 amide bonds. The van der Waals surface area contributed by atoms with Crippen LogP contribution in [0.5, 0.6) is 5.75 Å². The third-order valence-corrected chi connectivity index (χ3v) is 5.97. The Balaban J connectivity index is 1.97. The summed E-state index contributed by atoms with van der Waals surface area (Å²) >= 11 is 11.0. The summed E-state index contributed by atoms with van der Waals surface area (Å²) in [4.78, 5) is 1.04. The number of rotatable bonds is 2. The number of hydrogen-bond donors (Lipinski definition) is 1. The Hall–Kier alpha value is -0.620. The van der Waals surface area contributed by atoms with Crippen LogP contribution in [0.25, 0.3) is 0 Å². The zero-order valence-electron chi connectivity index (χ0n) is 10.6. The predicted octanol–water partition coefficient (Wildman–Crippen LogP) is 5.09. The molecule has 106 valence electrons. The molecule has 0 fully saturated rings. The van der Waals surface area contributed by atoms with Crippen molar-refractivity contribution in [2.24, 2.45) is 0 Å². The molecule has 1 aliphatic heterocycles. The molecule has 2 aromatic rings. The summed E-state index contributed by atoms with van der Waals surface area (Å²) in [6.45, 7) is 0. The normalized spacial score (nSPS) is 21.4. The Bertz CT molecular complexity index is 629. The zero-order chi connectivity index (χ0) is 14.3. The van der Waals surface area contributed by atoms with Crippen LogP contribution in [-0.4, -0.2) is 7.05 Å². The second kappa shape index (κ2) is 5.64. The monoisotopic (exact) mass is 375 g/mol. The van der Waals surface area contributed by atoms with E-state index < -0.39 is 0 Å². The minimum absolute atomic E-state index is 0.115. The predicted molar refractivity (Wildman–Crippen MR) is 83.2 cm³/mol. The van der Waals surface area contributed by atoms with Gasteiger partial charge in [0.25, 0.3) is 0 Å². The van der Waals surface area contributed by atoms with E-state index in [2.05, 4.69) is 21.2 Å². The van der Waals surface area contributed by atoms with Crippen LogP contribution in [0, 0.1) is 5.82 Å². The van der Waals surface area contributed by atoms with Gasteiger partial charge in [-0.25, -0.2) is 4.39 Å². The first-order valence-corrected chi connectivity index (χ1v) is 8.15. The summed E-state index contributed by atoms with van der Waals surface area (Å²) in [6, 6.07) is 6.79. The maximum Gasteiger partial charge on any atom is 0.135 e. The molecule has 0 radical (unpaired) electrons. The number of nitrogens with one attached hydrogen (secondary N) is 1. The molecule has 1 N–H and O–H groups in total. The van der Waals surface area contributed by atoms with Crippen molar-refractivity contribution < 1.29 is 9.13 Å². The highest BCUT2D eigenvalue weighted by Gasteiger charge is 2.30. The van der Waals surface area contributed by atoms with E-state index in [4.69, 9.17) is 16.3 Å². The average molecular weight is 377 g/mol. The van der Waals surface area contributed by atoms with Crippen molar-refractivity contribution in [2.75, 3.05) is 7.05 Å². The fourth-order valence-corrected chi connectivity index (χ4v) is 4.19. The molecule has 2 unspecified atom stereocenters. The Morgan fingerprint density at radius 1 is 1.45 bits per heavy atom. The van der Waals surface area contributed by atoms with Crippen molar-refractivity contribution in [1.29, 1.82) is 0 Å². The molecule has 2 atom stereocenters. The Morgan fingerprint density at radius 3 is 2.90 bits per heavy atom. The van der Waals surface area contributed by atoms with Crippen molar-refractivity contribution in [3.05, 3.63) is 49.3 Å². The standard InChI is InChI=1S/C14H12BrClFNOS/c1-18-10-6-12(13-5-9(15)14(16)20-13)19-11-4-7(17)2-3-8(10)11/h2-5,10,12,18H,6H2,1H3. The summed E-state index contributed by atoms with van der Waals surface area (Å²) in [5.41, 5.74) is 0.992. The second-order valence-corrected chi connectivity index (χ2v) is 7.18. The lowest BCUT2D eigenvalue weighted by atomic mass is 9.96. The molecule has 0 saturated heterocycles. The lowest BCUT2D eigenvalue weighted by molar-refractivity contribution is 0.156. The fourth-order valence-electron chi connectivity index (χ4n) is 2.41. The Labute approximate surface area is 134 Å². The lowest BCUT2D eigenvalue weighted by Crippen LogP contribution is -2.26. The molecule has 3 rings (SSSR count). The highest BCUT2D eigenvalue weighted by molar-refractivity contribution is 9.10. The van der Waals surface area contributed by atoms with Crippen LogP contribution in [0.1, 0.15) is 29.0 Å². The second-order valence-electron chi connectivity index (χ2n) is 4.64. The molecule has 1 aromatic carbocycles. The van der Waals surface area contributed by atoms with Gasteiger partial charge in [-0.3, -0.25) is 0 Å². The van der Waals surface area contributed by atoms with Crippen LogP contribution in [0.15, 0.2) is 28.7 Å². The molecule has 2 nitrogen and oxygen atoms in total. The SMILES string of the molecule is CNC1CC(c2cc(Br)c(Cl)s2)Oc2cc(F)ccc21. The zero-order valence-corrected chi connectivity index (χ0v) is 13.8. The van der Waals surface area contributed by atoms with Gasteiger partial charge < -0.3 is 10.1 Å². The topological polar surface area (TPSA) is 21.3 Å². The van der Waals surface area contributed by atoms with E-state index in [1.807, 2.05) is 13.1 Å². The van der Waals surface area contributed by atoms with Gasteiger partial charge in [0.15, 0.2) is 0 Å². The maximum atomic E-state index is 13.4. The summed E-state index contributed by atoms with van der Waals surface area (Å²) in [7, 11) is 1.90. The molecule has 6 heteroatoms. The van der Waals surface area contributed by atoms with Gasteiger partial charge in [-0.2, -0.15) is 0 Å². The Kier molecular flexibility index (Phi) is 4.04. The van der Waals surface area contributed by atoms with Crippen LogP contribution in [-0.2, 0) is 0 Å². The number of fused-ring (bicyclic) bond motifs is 1. The van der Waals surface area contributed by atoms with Crippen LogP contribution in [0.2, 0.25) is 4.34 Å². The van der Waals surface area contributed by atoms with Gasteiger partial charge in [0.05, 0.1) is 0 Å². The smallest absolute Gasteiger partial charge is 0.135 e. The summed E-state index contributed by atoms with van der Waals surface area (Å²) in [5.74, 6) is 0.311. The summed E-state index contributed by atoms with van der Waals surface area (Å²) in [5, 5.41) is 3.26. The minimum Gasteiger partial charge on any atom is -0.484 e. The number of ether oxygens (including phenoxy) is 1. The maximum absolute atomic E-state index is 13.4.